The zero-order valence-corrected chi connectivity index (χ0v) is 10.6. The maximum absolute atomic E-state index is 11.3. The van der Waals surface area contributed by atoms with Crippen molar-refractivity contribution in [3.8, 4) is 0 Å². The Morgan fingerprint density at radius 1 is 1.41 bits per heavy atom. The van der Waals surface area contributed by atoms with E-state index in [4.69, 9.17) is 11.1 Å². The van der Waals surface area contributed by atoms with Crippen LogP contribution in [0.5, 0.6) is 0 Å². The minimum absolute atomic E-state index is 0.0137. The fourth-order valence-electron chi connectivity index (χ4n) is 2.15. The van der Waals surface area contributed by atoms with E-state index in [-0.39, 0.29) is 18.0 Å². The number of nitrogens with two attached hydrogens (primary N) is 1. The lowest BCUT2D eigenvalue weighted by Gasteiger charge is -2.38. The standard InChI is InChI=1S/C11H22N4O2/c1-3-4-9(10(12)13)14-5-7-15(8-6-14)11(16)17-2/h9H,3-8H2,1-2H3,(H3,12,13). The molecule has 1 aliphatic heterocycles. The highest BCUT2D eigenvalue weighted by molar-refractivity contribution is 5.82. The molecule has 1 amide bonds. The Morgan fingerprint density at radius 3 is 2.41 bits per heavy atom. The summed E-state index contributed by atoms with van der Waals surface area (Å²) in [5, 5.41) is 7.59. The molecule has 1 heterocycles. The van der Waals surface area contributed by atoms with Crippen LogP contribution in [-0.2, 0) is 4.74 Å². The van der Waals surface area contributed by atoms with Crippen LogP contribution in [0.4, 0.5) is 4.79 Å². The van der Waals surface area contributed by atoms with Crippen LogP contribution in [0.15, 0.2) is 0 Å². The SMILES string of the molecule is CCCC(C(=N)N)N1CCN(C(=O)OC)CC1. The number of nitrogens with zero attached hydrogens (tertiary/aromatic N) is 2. The first-order chi connectivity index (χ1) is 8.10. The largest absolute Gasteiger partial charge is 0.453 e. The highest BCUT2D eigenvalue weighted by atomic mass is 16.5. The number of nitrogens with one attached hydrogen (secondary N) is 1. The molecule has 1 aliphatic rings. The molecule has 0 bridgehead atoms. The van der Waals surface area contributed by atoms with Gasteiger partial charge in [-0.15, -0.1) is 0 Å². The smallest absolute Gasteiger partial charge is 0.409 e. The Bertz CT molecular complexity index is 275. The molecule has 0 aromatic carbocycles. The third-order valence-corrected chi connectivity index (χ3v) is 3.11. The van der Waals surface area contributed by atoms with Crippen LogP contribution in [0, 0.1) is 5.41 Å². The number of methoxy groups -OCH3 is 1. The fraction of sp³-hybridized carbons (Fsp3) is 0.818. The highest BCUT2D eigenvalue weighted by Crippen LogP contribution is 2.11. The lowest BCUT2D eigenvalue weighted by molar-refractivity contribution is 0.0834. The van der Waals surface area contributed by atoms with E-state index in [1.54, 1.807) is 4.90 Å². The van der Waals surface area contributed by atoms with Crippen molar-refractivity contribution >= 4 is 11.9 Å². The maximum Gasteiger partial charge on any atom is 0.409 e. The van der Waals surface area contributed by atoms with Crippen molar-refractivity contribution in [3.05, 3.63) is 0 Å². The fourth-order valence-corrected chi connectivity index (χ4v) is 2.15. The summed E-state index contributed by atoms with van der Waals surface area (Å²) in [5.74, 6) is 0.221. The summed E-state index contributed by atoms with van der Waals surface area (Å²) < 4.78 is 4.68. The summed E-state index contributed by atoms with van der Waals surface area (Å²) in [6.45, 7) is 4.86. The van der Waals surface area contributed by atoms with Crippen molar-refractivity contribution in [1.29, 1.82) is 5.41 Å². The molecule has 1 atom stereocenters. The maximum atomic E-state index is 11.3. The lowest BCUT2D eigenvalue weighted by atomic mass is 10.1. The first-order valence-corrected chi connectivity index (χ1v) is 6.01. The second kappa shape index (κ2) is 6.44. The average Bonchev–Trinajstić information content (AvgIpc) is 2.35. The van der Waals surface area contributed by atoms with Crippen LogP contribution in [0.1, 0.15) is 19.8 Å². The van der Waals surface area contributed by atoms with E-state index in [9.17, 15) is 4.79 Å². The van der Waals surface area contributed by atoms with Crippen LogP contribution in [0.25, 0.3) is 0 Å². The third-order valence-electron chi connectivity index (χ3n) is 3.11. The molecule has 3 N–H and O–H groups in total. The van der Waals surface area contributed by atoms with Crippen LogP contribution >= 0.6 is 0 Å². The zero-order chi connectivity index (χ0) is 12.8. The van der Waals surface area contributed by atoms with E-state index in [1.165, 1.54) is 7.11 Å². The minimum atomic E-state index is -0.278. The summed E-state index contributed by atoms with van der Waals surface area (Å²) in [7, 11) is 1.39. The summed E-state index contributed by atoms with van der Waals surface area (Å²) in [6, 6.07) is 0.0137. The van der Waals surface area contributed by atoms with Gasteiger partial charge in [-0.05, 0) is 6.42 Å². The zero-order valence-electron chi connectivity index (χ0n) is 10.6. The first kappa shape index (κ1) is 13.8. The average molecular weight is 242 g/mol. The predicted octanol–water partition coefficient (Wildman–Crippen LogP) is 0.475. The molecule has 0 aliphatic carbocycles. The normalized spacial score (nSPS) is 18.8. The number of piperazine rings is 1. The number of carbonyl (C=O) groups excluding carboxylic acids is 1. The molecule has 6 heteroatoms. The van der Waals surface area contributed by atoms with E-state index < -0.39 is 0 Å². The first-order valence-electron chi connectivity index (χ1n) is 6.01. The van der Waals surface area contributed by atoms with E-state index in [1.807, 2.05) is 0 Å². The molecule has 1 saturated heterocycles. The number of hydrogen-bond acceptors (Lipinski definition) is 4. The Balaban J connectivity index is 2.49. The molecule has 1 unspecified atom stereocenters. The van der Waals surface area contributed by atoms with Crippen molar-refractivity contribution in [2.45, 2.75) is 25.8 Å². The van der Waals surface area contributed by atoms with E-state index in [0.717, 1.165) is 25.9 Å². The lowest BCUT2D eigenvalue weighted by Crippen LogP contribution is -2.55. The molecule has 0 aromatic rings. The van der Waals surface area contributed by atoms with Gasteiger partial charge in [0.2, 0.25) is 0 Å². The van der Waals surface area contributed by atoms with E-state index in [0.29, 0.717) is 13.1 Å². The molecule has 17 heavy (non-hydrogen) atoms. The second-order valence-corrected chi connectivity index (χ2v) is 4.25. The quantitative estimate of drug-likeness (QED) is 0.554. The van der Waals surface area contributed by atoms with Crippen LogP contribution < -0.4 is 5.73 Å². The third kappa shape index (κ3) is 3.59. The summed E-state index contributed by atoms with van der Waals surface area (Å²) in [5.41, 5.74) is 5.61. The predicted molar refractivity (Wildman–Crippen MR) is 66.2 cm³/mol. The minimum Gasteiger partial charge on any atom is -0.453 e. The van der Waals surface area contributed by atoms with Gasteiger partial charge in [-0.3, -0.25) is 10.3 Å². The molecule has 98 valence electrons. The van der Waals surface area contributed by atoms with Gasteiger partial charge < -0.3 is 15.4 Å². The van der Waals surface area contributed by atoms with Gasteiger partial charge >= 0.3 is 6.09 Å². The van der Waals surface area contributed by atoms with Gasteiger partial charge in [0.1, 0.15) is 5.84 Å². The number of amidine groups is 1. The topological polar surface area (TPSA) is 82.7 Å². The van der Waals surface area contributed by atoms with Gasteiger partial charge in [0.05, 0.1) is 13.2 Å². The molecular weight excluding hydrogens is 220 g/mol. The number of ether oxygens (including phenoxy) is 1. The van der Waals surface area contributed by atoms with Crippen molar-refractivity contribution < 1.29 is 9.53 Å². The summed E-state index contributed by atoms with van der Waals surface area (Å²) in [6.07, 6.45) is 1.62. The molecule has 1 rings (SSSR count). The molecule has 0 spiro atoms. The summed E-state index contributed by atoms with van der Waals surface area (Å²) >= 11 is 0. The van der Waals surface area contributed by atoms with Crippen LogP contribution in [0.2, 0.25) is 0 Å². The Kier molecular flexibility index (Phi) is 5.21. The van der Waals surface area contributed by atoms with E-state index in [2.05, 4.69) is 16.6 Å². The molecule has 0 aromatic heterocycles. The highest BCUT2D eigenvalue weighted by Gasteiger charge is 2.27. The molecule has 0 saturated carbocycles. The van der Waals surface area contributed by atoms with Gasteiger partial charge in [0.15, 0.2) is 0 Å². The van der Waals surface area contributed by atoms with Gasteiger partial charge in [-0.2, -0.15) is 0 Å². The molecule has 0 radical (unpaired) electrons. The van der Waals surface area contributed by atoms with Crippen molar-refractivity contribution in [3.63, 3.8) is 0 Å². The number of amides is 1. The summed E-state index contributed by atoms with van der Waals surface area (Å²) in [4.78, 5) is 15.2. The number of rotatable bonds is 4. The van der Waals surface area contributed by atoms with Crippen molar-refractivity contribution in [2.75, 3.05) is 33.3 Å². The Hall–Kier alpha value is -1.30. The molecule has 6 nitrogen and oxygen atoms in total. The number of carbonyl (C=O) groups is 1. The van der Waals surface area contributed by atoms with Gasteiger partial charge in [-0.25, -0.2) is 4.79 Å². The van der Waals surface area contributed by atoms with Gasteiger partial charge in [0.25, 0.3) is 0 Å². The van der Waals surface area contributed by atoms with Gasteiger partial charge in [0, 0.05) is 26.2 Å². The monoisotopic (exact) mass is 242 g/mol. The van der Waals surface area contributed by atoms with Crippen LogP contribution in [-0.4, -0.2) is 61.1 Å². The van der Waals surface area contributed by atoms with E-state index >= 15 is 0 Å². The van der Waals surface area contributed by atoms with Crippen molar-refractivity contribution in [2.24, 2.45) is 5.73 Å². The molecule has 1 fully saturated rings. The number of hydrogen-bond donors (Lipinski definition) is 2. The van der Waals surface area contributed by atoms with Crippen molar-refractivity contribution in [1.82, 2.24) is 9.80 Å². The Labute approximate surface area is 102 Å². The van der Waals surface area contributed by atoms with Gasteiger partial charge in [-0.1, -0.05) is 13.3 Å². The molecular formula is C11H22N4O2. The Morgan fingerprint density at radius 2 is 2.00 bits per heavy atom. The second-order valence-electron chi connectivity index (χ2n) is 4.25. The van der Waals surface area contributed by atoms with Crippen LogP contribution in [0.3, 0.4) is 0 Å².